The van der Waals surface area contributed by atoms with E-state index in [0.717, 1.165) is 55.9 Å². The second-order valence-electron chi connectivity index (χ2n) is 9.45. The third-order valence-electron chi connectivity index (χ3n) is 5.35. The first-order chi connectivity index (χ1) is 16.3. The number of nitrogen functional groups attached to an aromatic ring is 1. The van der Waals surface area contributed by atoms with Gasteiger partial charge in [-0.25, -0.2) is 0 Å². The van der Waals surface area contributed by atoms with Crippen LogP contribution in [0.15, 0.2) is 34.6 Å². The summed E-state index contributed by atoms with van der Waals surface area (Å²) in [7, 11) is 0. The number of aromatic nitrogens is 6. The molecule has 0 bridgehead atoms. The molecule has 34 heavy (non-hydrogen) atoms. The molecule has 3 aromatic heterocycles. The second-order valence-corrected chi connectivity index (χ2v) is 13.3. The van der Waals surface area contributed by atoms with Crippen molar-refractivity contribution in [1.29, 1.82) is 0 Å². The third-order valence-corrected chi connectivity index (χ3v) is 10.4. The summed E-state index contributed by atoms with van der Waals surface area (Å²) in [6.45, 7) is 9.96. The van der Waals surface area contributed by atoms with Gasteiger partial charge in [-0.15, -0.1) is 0 Å². The molecule has 0 amide bonds. The Bertz CT molecular complexity index is 1350. The summed E-state index contributed by atoms with van der Waals surface area (Å²) in [6.07, 6.45) is 1.51. The molecule has 0 radical (unpaired) electrons. The number of anilines is 1. The van der Waals surface area contributed by atoms with E-state index in [2.05, 4.69) is 45.5 Å². The first-order valence-electron chi connectivity index (χ1n) is 11.1. The summed E-state index contributed by atoms with van der Waals surface area (Å²) < 4.78 is 13.5. The Morgan fingerprint density at radius 1 is 1.18 bits per heavy atom. The molecule has 0 fully saturated rings. The standard InChI is InChI=1S/C23H28AsN7O2S/c1-13-7-15(30-29-13)14-8-16-17(33-12-32-16)9-18(14)34-22-28-19-20(25)26-11-27-21(19)31(22)6-5-24-10-23(2,3)4/h7-9,11,24H,5-6,10,12H2,1-4H3,(H,29,30)(H2,25,26,27). The van der Waals surface area contributed by atoms with Crippen LogP contribution in [-0.2, 0) is 6.54 Å². The first kappa shape index (κ1) is 23.1. The Balaban J connectivity index is 1.53. The van der Waals surface area contributed by atoms with Crippen LogP contribution < -0.4 is 15.2 Å². The second kappa shape index (κ2) is 9.15. The fourth-order valence-corrected chi connectivity index (χ4v) is 7.54. The number of aromatic amines is 1. The molecule has 4 aromatic rings. The summed E-state index contributed by atoms with van der Waals surface area (Å²) >= 11 is 1.48. The quantitative estimate of drug-likeness (QED) is 0.263. The van der Waals surface area contributed by atoms with E-state index in [-0.39, 0.29) is 22.5 Å². The Hall–Kier alpha value is -2.71. The topological polar surface area (TPSA) is 117 Å². The Morgan fingerprint density at radius 3 is 2.71 bits per heavy atom. The molecule has 1 aliphatic heterocycles. The minimum atomic E-state index is -0.0813. The van der Waals surface area contributed by atoms with Crippen LogP contribution in [0.1, 0.15) is 26.5 Å². The van der Waals surface area contributed by atoms with E-state index in [9.17, 15) is 0 Å². The van der Waals surface area contributed by atoms with Gasteiger partial charge in [-0.3, -0.25) is 0 Å². The number of benzene rings is 1. The van der Waals surface area contributed by atoms with Crippen LogP contribution in [-0.4, -0.2) is 52.3 Å². The molecule has 4 heterocycles. The van der Waals surface area contributed by atoms with Crippen molar-refractivity contribution in [2.24, 2.45) is 5.41 Å². The molecule has 3 N–H and O–H groups in total. The molecule has 0 saturated heterocycles. The molecular weight excluding hydrogens is 513 g/mol. The van der Waals surface area contributed by atoms with E-state index >= 15 is 0 Å². The fourth-order valence-electron chi connectivity index (χ4n) is 3.73. The van der Waals surface area contributed by atoms with E-state index < -0.39 is 0 Å². The Kier molecular flexibility index (Phi) is 6.20. The summed E-state index contributed by atoms with van der Waals surface area (Å²) in [5.74, 6) is 1.83. The zero-order valence-corrected chi connectivity index (χ0v) is 22.6. The minimum absolute atomic E-state index is 0.0813. The number of imidazole rings is 1. The van der Waals surface area contributed by atoms with Crippen LogP contribution in [0, 0.1) is 12.3 Å². The number of fused-ring (bicyclic) bond motifs is 2. The number of hydrogen-bond donors (Lipinski definition) is 2. The van der Waals surface area contributed by atoms with Crippen LogP contribution in [0.2, 0.25) is 10.4 Å². The van der Waals surface area contributed by atoms with Crippen molar-refractivity contribution in [3.8, 4) is 22.8 Å². The number of nitrogens with two attached hydrogens (primary N) is 1. The van der Waals surface area contributed by atoms with Gasteiger partial charge in [0, 0.05) is 0 Å². The zero-order valence-electron chi connectivity index (χ0n) is 19.7. The number of aryl methyl sites for hydroxylation is 2. The maximum absolute atomic E-state index is 6.16. The van der Waals surface area contributed by atoms with Gasteiger partial charge in [-0.1, -0.05) is 0 Å². The van der Waals surface area contributed by atoms with Gasteiger partial charge in [0.15, 0.2) is 0 Å². The third kappa shape index (κ3) is 4.74. The predicted molar refractivity (Wildman–Crippen MR) is 135 cm³/mol. The molecule has 0 aliphatic carbocycles. The van der Waals surface area contributed by atoms with E-state index in [4.69, 9.17) is 20.2 Å². The van der Waals surface area contributed by atoms with Gasteiger partial charge < -0.3 is 0 Å². The number of nitrogens with zero attached hydrogens (tertiary/aromatic N) is 5. The Morgan fingerprint density at radius 2 is 1.97 bits per heavy atom. The monoisotopic (exact) mass is 541 g/mol. The molecule has 1 aliphatic rings. The zero-order chi connectivity index (χ0) is 23.9. The van der Waals surface area contributed by atoms with Crippen LogP contribution >= 0.6 is 11.8 Å². The predicted octanol–water partition coefficient (Wildman–Crippen LogP) is 4.31. The molecule has 1 atom stereocenters. The van der Waals surface area contributed by atoms with E-state index in [0.29, 0.717) is 16.7 Å². The van der Waals surface area contributed by atoms with Crippen molar-refractivity contribution in [3.63, 3.8) is 0 Å². The summed E-state index contributed by atoms with van der Waals surface area (Å²) in [5, 5.41) is 10.8. The number of H-pyrrole nitrogens is 1. The molecule has 0 saturated carbocycles. The molecular formula is C23H28AsN7O2S. The summed E-state index contributed by atoms with van der Waals surface area (Å²) in [4.78, 5) is 14.5. The number of hydrogen-bond acceptors (Lipinski definition) is 8. The van der Waals surface area contributed by atoms with Gasteiger partial charge in [-0.2, -0.15) is 0 Å². The van der Waals surface area contributed by atoms with Gasteiger partial charge in [-0.05, 0) is 0 Å². The van der Waals surface area contributed by atoms with Gasteiger partial charge in [0.25, 0.3) is 0 Å². The van der Waals surface area contributed by atoms with E-state index in [1.165, 1.54) is 11.5 Å². The van der Waals surface area contributed by atoms with E-state index in [1.807, 2.05) is 25.1 Å². The number of ether oxygens (including phenoxy) is 2. The number of rotatable bonds is 7. The number of nitrogens with one attached hydrogen (secondary N) is 1. The molecule has 11 heteroatoms. The van der Waals surface area contributed by atoms with Gasteiger partial charge in [0.1, 0.15) is 0 Å². The maximum atomic E-state index is 6.16. The molecule has 5 rings (SSSR count). The fraction of sp³-hybridized carbons (Fsp3) is 0.391. The van der Waals surface area contributed by atoms with Crippen LogP contribution in [0.25, 0.3) is 22.4 Å². The normalized spacial score (nSPS) is 13.5. The average molecular weight is 542 g/mol. The van der Waals surface area contributed by atoms with Gasteiger partial charge in [0.2, 0.25) is 0 Å². The van der Waals surface area contributed by atoms with Crippen molar-refractivity contribution in [2.75, 3.05) is 12.5 Å². The van der Waals surface area contributed by atoms with Crippen LogP contribution in [0.4, 0.5) is 5.82 Å². The Labute approximate surface area is 208 Å². The van der Waals surface area contributed by atoms with Crippen molar-refractivity contribution >= 4 is 44.5 Å². The SMILES string of the molecule is Cc1cc(-c2cc3c(cc2Sc2nc4c(N)ncnc4n2CC[AsH]CC(C)(C)C)OCO3)n[nH]1. The van der Waals surface area contributed by atoms with Crippen LogP contribution in [0.3, 0.4) is 0 Å². The van der Waals surface area contributed by atoms with Gasteiger partial charge in [0.05, 0.1) is 0 Å². The van der Waals surface area contributed by atoms with Crippen LogP contribution in [0.5, 0.6) is 11.5 Å². The molecule has 1 aromatic carbocycles. The average Bonchev–Trinajstić information content (AvgIpc) is 3.49. The molecule has 178 valence electrons. The molecule has 0 spiro atoms. The summed E-state index contributed by atoms with van der Waals surface area (Å²) in [6, 6.07) is 6.00. The van der Waals surface area contributed by atoms with Crippen molar-refractivity contribution in [1.82, 2.24) is 29.7 Å². The van der Waals surface area contributed by atoms with Crippen molar-refractivity contribution in [2.45, 2.75) is 54.7 Å². The molecule has 1 unspecified atom stereocenters. The van der Waals surface area contributed by atoms with Gasteiger partial charge >= 0.3 is 209 Å². The van der Waals surface area contributed by atoms with E-state index in [1.54, 1.807) is 11.8 Å². The van der Waals surface area contributed by atoms with Crippen molar-refractivity contribution < 1.29 is 9.47 Å². The summed E-state index contributed by atoms with van der Waals surface area (Å²) in [5.41, 5.74) is 10.7. The first-order valence-corrected chi connectivity index (χ1v) is 14.9. The van der Waals surface area contributed by atoms with Crippen molar-refractivity contribution in [3.05, 3.63) is 30.2 Å². The molecule has 9 nitrogen and oxygen atoms in total.